The maximum absolute atomic E-state index is 11.9. The summed E-state index contributed by atoms with van der Waals surface area (Å²) in [5, 5.41) is 3.13. The van der Waals surface area contributed by atoms with Crippen molar-refractivity contribution in [1.29, 1.82) is 0 Å². The lowest BCUT2D eigenvalue weighted by molar-refractivity contribution is -0.126. The van der Waals surface area contributed by atoms with Crippen LogP contribution in [0.25, 0.3) is 0 Å². The molecule has 1 saturated heterocycles. The zero-order valence-corrected chi connectivity index (χ0v) is 11.1. The lowest BCUT2D eigenvalue weighted by atomic mass is 10.0. The summed E-state index contributed by atoms with van der Waals surface area (Å²) in [6.07, 6.45) is 4.56. The smallest absolute Gasteiger partial charge is 0.223 e. The van der Waals surface area contributed by atoms with Crippen molar-refractivity contribution in [3.63, 3.8) is 0 Å². The fourth-order valence-electron chi connectivity index (χ4n) is 2.13. The average Bonchev–Trinajstić information content (AvgIpc) is 3.10. The monoisotopic (exact) mass is 264 g/mol. The molecule has 0 aromatic heterocycles. The number of rotatable bonds is 4. The van der Waals surface area contributed by atoms with Crippen LogP contribution >= 0.6 is 24.2 Å². The predicted molar refractivity (Wildman–Crippen MR) is 71.0 cm³/mol. The first-order valence-corrected chi connectivity index (χ1v) is 7.05. The van der Waals surface area contributed by atoms with E-state index in [0.717, 1.165) is 24.3 Å². The molecule has 0 bridgehead atoms. The molecule has 3 nitrogen and oxygen atoms in total. The largest absolute Gasteiger partial charge is 0.352 e. The zero-order chi connectivity index (χ0) is 10.7. The van der Waals surface area contributed by atoms with E-state index in [1.807, 2.05) is 11.8 Å². The van der Waals surface area contributed by atoms with Crippen LogP contribution in [-0.4, -0.2) is 30.0 Å². The highest BCUT2D eigenvalue weighted by Crippen LogP contribution is 2.32. The number of thioether (sulfide) groups is 1. The van der Waals surface area contributed by atoms with Gasteiger partial charge in [0.15, 0.2) is 0 Å². The Bertz CT molecular complexity index is 230. The Labute approximate surface area is 108 Å². The molecule has 0 aromatic rings. The molecular weight excluding hydrogens is 244 g/mol. The summed E-state index contributed by atoms with van der Waals surface area (Å²) < 4.78 is 0. The van der Waals surface area contributed by atoms with Crippen LogP contribution in [0.5, 0.6) is 0 Å². The first-order chi connectivity index (χ1) is 7.31. The number of carbonyl (C=O) groups is 1. The lowest BCUT2D eigenvalue weighted by Crippen LogP contribution is -2.45. The van der Waals surface area contributed by atoms with E-state index in [1.165, 1.54) is 12.8 Å². The van der Waals surface area contributed by atoms with E-state index >= 15 is 0 Å². The van der Waals surface area contributed by atoms with Crippen LogP contribution in [0.4, 0.5) is 0 Å². The van der Waals surface area contributed by atoms with Crippen LogP contribution in [0.2, 0.25) is 0 Å². The first kappa shape index (κ1) is 14.1. The highest BCUT2D eigenvalue weighted by Gasteiger charge is 2.32. The van der Waals surface area contributed by atoms with Gasteiger partial charge < -0.3 is 11.1 Å². The molecule has 2 fully saturated rings. The minimum absolute atomic E-state index is 0. The van der Waals surface area contributed by atoms with Crippen LogP contribution in [0.15, 0.2) is 0 Å². The molecule has 1 atom stereocenters. The molecule has 1 unspecified atom stereocenters. The molecule has 2 aliphatic rings. The summed E-state index contributed by atoms with van der Waals surface area (Å²) in [6, 6.07) is 0.243. The van der Waals surface area contributed by atoms with Gasteiger partial charge in [0.25, 0.3) is 0 Å². The molecule has 0 aromatic carbocycles. The van der Waals surface area contributed by atoms with Gasteiger partial charge in [0, 0.05) is 18.5 Å². The molecule has 1 aliphatic heterocycles. The Balaban J connectivity index is 0.00000128. The number of carbonyl (C=O) groups excluding carboxylic acids is 1. The van der Waals surface area contributed by atoms with Gasteiger partial charge >= 0.3 is 0 Å². The van der Waals surface area contributed by atoms with Crippen LogP contribution in [-0.2, 0) is 4.79 Å². The van der Waals surface area contributed by atoms with Crippen molar-refractivity contribution in [3.05, 3.63) is 0 Å². The second-order valence-corrected chi connectivity index (χ2v) is 5.80. The van der Waals surface area contributed by atoms with Crippen molar-refractivity contribution in [2.24, 2.45) is 17.6 Å². The standard InChI is InChI=1S/C11H20N2OS.ClH/c12-7-10(8-1-2-8)13-11(14)9-3-5-15-6-4-9;/h8-10H,1-7,12H2,(H,13,14);1H. The summed E-state index contributed by atoms with van der Waals surface area (Å²) in [4.78, 5) is 11.9. The Kier molecular flexibility index (Phi) is 5.94. The molecule has 1 heterocycles. The molecule has 1 amide bonds. The lowest BCUT2D eigenvalue weighted by Gasteiger charge is -2.24. The highest BCUT2D eigenvalue weighted by molar-refractivity contribution is 7.99. The van der Waals surface area contributed by atoms with Gasteiger partial charge in [-0.2, -0.15) is 11.8 Å². The second-order valence-electron chi connectivity index (χ2n) is 4.57. The summed E-state index contributed by atoms with van der Waals surface area (Å²) in [6.45, 7) is 0.595. The number of halogens is 1. The first-order valence-electron chi connectivity index (χ1n) is 5.89. The van der Waals surface area contributed by atoms with E-state index in [-0.39, 0.29) is 30.3 Å². The van der Waals surface area contributed by atoms with Crippen molar-refractivity contribution in [3.8, 4) is 0 Å². The van der Waals surface area contributed by atoms with Crippen LogP contribution < -0.4 is 11.1 Å². The Morgan fingerprint density at radius 3 is 2.44 bits per heavy atom. The van der Waals surface area contributed by atoms with E-state index in [0.29, 0.717) is 12.5 Å². The van der Waals surface area contributed by atoms with Gasteiger partial charge in [0.05, 0.1) is 0 Å². The van der Waals surface area contributed by atoms with Crippen LogP contribution in [0.1, 0.15) is 25.7 Å². The van der Waals surface area contributed by atoms with Gasteiger partial charge in [-0.15, -0.1) is 12.4 Å². The minimum atomic E-state index is 0. The van der Waals surface area contributed by atoms with Crippen LogP contribution in [0, 0.1) is 11.8 Å². The van der Waals surface area contributed by atoms with Crippen molar-refractivity contribution in [2.45, 2.75) is 31.7 Å². The second kappa shape index (κ2) is 6.72. The van der Waals surface area contributed by atoms with Crippen molar-refractivity contribution >= 4 is 30.1 Å². The normalized spacial score (nSPS) is 23.3. The summed E-state index contributed by atoms with van der Waals surface area (Å²) in [5.41, 5.74) is 5.67. The van der Waals surface area contributed by atoms with Crippen LogP contribution in [0.3, 0.4) is 0 Å². The van der Waals surface area contributed by atoms with E-state index in [2.05, 4.69) is 5.32 Å². The van der Waals surface area contributed by atoms with E-state index in [9.17, 15) is 4.79 Å². The Morgan fingerprint density at radius 1 is 1.31 bits per heavy atom. The third-order valence-electron chi connectivity index (χ3n) is 3.36. The van der Waals surface area contributed by atoms with E-state index in [1.54, 1.807) is 0 Å². The summed E-state index contributed by atoms with van der Waals surface area (Å²) in [5.74, 6) is 3.43. The third-order valence-corrected chi connectivity index (χ3v) is 4.41. The number of hydrogen-bond acceptors (Lipinski definition) is 3. The molecule has 2 rings (SSSR count). The SMILES string of the molecule is Cl.NCC(NC(=O)C1CCSCC1)C1CC1. The van der Waals surface area contributed by atoms with Gasteiger partial charge in [-0.25, -0.2) is 0 Å². The molecule has 3 N–H and O–H groups in total. The topological polar surface area (TPSA) is 55.1 Å². The maximum Gasteiger partial charge on any atom is 0.223 e. The van der Waals surface area contributed by atoms with Gasteiger partial charge in [0.2, 0.25) is 5.91 Å². The van der Waals surface area contributed by atoms with Crippen molar-refractivity contribution < 1.29 is 4.79 Å². The molecule has 94 valence electrons. The van der Waals surface area contributed by atoms with Gasteiger partial charge in [-0.1, -0.05) is 0 Å². The van der Waals surface area contributed by atoms with E-state index < -0.39 is 0 Å². The molecule has 1 saturated carbocycles. The predicted octanol–water partition coefficient (Wildman–Crippen LogP) is 1.40. The molecule has 1 aliphatic carbocycles. The van der Waals surface area contributed by atoms with Gasteiger partial charge in [0.1, 0.15) is 0 Å². The molecule has 16 heavy (non-hydrogen) atoms. The fourth-order valence-corrected chi connectivity index (χ4v) is 3.23. The fraction of sp³-hybridized carbons (Fsp3) is 0.909. The number of hydrogen-bond donors (Lipinski definition) is 2. The number of nitrogens with two attached hydrogens (primary N) is 1. The summed E-state index contributed by atoms with van der Waals surface area (Å²) in [7, 11) is 0. The van der Waals surface area contributed by atoms with Crippen molar-refractivity contribution in [2.75, 3.05) is 18.1 Å². The van der Waals surface area contributed by atoms with Crippen molar-refractivity contribution in [1.82, 2.24) is 5.32 Å². The number of nitrogens with one attached hydrogen (secondary N) is 1. The minimum Gasteiger partial charge on any atom is -0.352 e. The third kappa shape index (κ3) is 3.82. The Morgan fingerprint density at radius 2 is 1.94 bits per heavy atom. The Hall–Kier alpha value is 0.0700. The average molecular weight is 265 g/mol. The quantitative estimate of drug-likeness (QED) is 0.807. The van der Waals surface area contributed by atoms with Gasteiger partial charge in [-0.3, -0.25) is 4.79 Å². The highest BCUT2D eigenvalue weighted by atomic mass is 35.5. The maximum atomic E-state index is 11.9. The molecule has 0 radical (unpaired) electrons. The molecule has 0 spiro atoms. The van der Waals surface area contributed by atoms with Gasteiger partial charge in [-0.05, 0) is 43.1 Å². The van der Waals surface area contributed by atoms with E-state index in [4.69, 9.17) is 5.73 Å². The summed E-state index contributed by atoms with van der Waals surface area (Å²) >= 11 is 1.95. The number of amides is 1. The zero-order valence-electron chi connectivity index (χ0n) is 9.48. The molecule has 5 heteroatoms. The molecular formula is C11H21ClN2OS.